The maximum Gasteiger partial charge on any atom is 0.416 e. The van der Waals surface area contributed by atoms with Crippen LogP contribution in [0.4, 0.5) is 13.2 Å². The van der Waals surface area contributed by atoms with Crippen LogP contribution in [0, 0.1) is 5.92 Å². The van der Waals surface area contributed by atoms with Gasteiger partial charge in [-0.15, -0.1) is 0 Å². The topological polar surface area (TPSA) is 57.5 Å². The van der Waals surface area contributed by atoms with Crippen molar-refractivity contribution in [2.75, 3.05) is 0 Å². The fraction of sp³-hybridized carbons (Fsp3) is 0.400. The lowest BCUT2D eigenvalue weighted by atomic mass is 9.86. The molecular weight excluding hydrogens is 285 g/mol. The average Bonchev–Trinajstić information content (AvgIpc) is 2.35. The van der Waals surface area contributed by atoms with Crippen molar-refractivity contribution in [2.45, 2.75) is 32.0 Å². The van der Waals surface area contributed by atoms with Gasteiger partial charge in [-0.2, -0.15) is 13.2 Å². The minimum absolute atomic E-state index is 0.245. The van der Waals surface area contributed by atoms with E-state index in [1.807, 2.05) is 0 Å². The summed E-state index contributed by atoms with van der Waals surface area (Å²) >= 11 is 0. The number of benzene rings is 1. The number of rotatable bonds is 5. The van der Waals surface area contributed by atoms with E-state index in [-0.39, 0.29) is 5.56 Å². The van der Waals surface area contributed by atoms with E-state index in [1.165, 1.54) is 24.3 Å². The van der Waals surface area contributed by atoms with Crippen LogP contribution in [0.1, 0.15) is 31.4 Å². The first-order chi connectivity index (χ1) is 9.54. The standard InChI is InChI=1S/C15H17F3O3/c1-10(2)14(21,9-13(19)20)7-6-11-4-3-5-12(8-11)15(16,17)18/h3-8,10,21H,9H2,1-2H3,(H,19,20). The van der Waals surface area contributed by atoms with Crippen LogP contribution in [0.25, 0.3) is 6.08 Å². The third-order valence-corrected chi connectivity index (χ3v) is 3.21. The number of carboxylic acid groups (broad SMARTS) is 1. The number of aliphatic hydroxyl groups is 1. The molecule has 6 heteroatoms. The SMILES string of the molecule is CC(C)C(O)(C=Cc1cccc(C(F)(F)F)c1)CC(=O)O. The summed E-state index contributed by atoms with van der Waals surface area (Å²) in [5, 5.41) is 19.1. The van der Waals surface area contributed by atoms with Crippen LogP contribution >= 0.6 is 0 Å². The quantitative estimate of drug-likeness (QED) is 0.874. The highest BCUT2D eigenvalue weighted by Gasteiger charge is 2.32. The number of carbonyl (C=O) groups is 1. The Hall–Kier alpha value is -1.82. The summed E-state index contributed by atoms with van der Waals surface area (Å²) < 4.78 is 37.8. The maximum atomic E-state index is 12.6. The summed E-state index contributed by atoms with van der Waals surface area (Å²) in [6.07, 6.45) is -2.42. The van der Waals surface area contributed by atoms with Gasteiger partial charge in [0.15, 0.2) is 0 Å². The molecule has 0 saturated heterocycles. The first-order valence-electron chi connectivity index (χ1n) is 6.35. The molecule has 1 aromatic carbocycles. The lowest BCUT2D eigenvalue weighted by molar-refractivity contribution is -0.142. The second-order valence-electron chi connectivity index (χ2n) is 5.17. The highest BCUT2D eigenvalue weighted by Crippen LogP contribution is 2.30. The zero-order valence-electron chi connectivity index (χ0n) is 11.7. The first-order valence-corrected chi connectivity index (χ1v) is 6.35. The fourth-order valence-corrected chi connectivity index (χ4v) is 1.76. The lowest BCUT2D eigenvalue weighted by Crippen LogP contribution is -2.35. The molecule has 0 fully saturated rings. The molecule has 0 aliphatic rings. The number of halogens is 3. The van der Waals surface area contributed by atoms with Crippen LogP contribution < -0.4 is 0 Å². The van der Waals surface area contributed by atoms with Crippen LogP contribution in [0.2, 0.25) is 0 Å². The molecule has 0 amide bonds. The molecular formula is C15H17F3O3. The molecule has 21 heavy (non-hydrogen) atoms. The van der Waals surface area contributed by atoms with E-state index in [0.717, 1.165) is 12.1 Å². The summed E-state index contributed by atoms with van der Waals surface area (Å²) in [4.78, 5) is 10.8. The smallest absolute Gasteiger partial charge is 0.416 e. The fourth-order valence-electron chi connectivity index (χ4n) is 1.76. The van der Waals surface area contributed by atoms with E-state index in [1.54, 1.807) is 13.8 Å². The van der Waals surface area contributed by atoms with Crippen molar-refractivity contribution in [3.05, 3.63) is 41.5 Å². The Bertz CT molecular complexity index is 535. The van der Waals surface area contributed by atoms with Crippen LogP contribution in [-0.2, 0) is 11.0 Å². The average molecular weight is 302 g/mol. The molecule has 116 valence electrons. The second-order valence-corrected chi connectivity index (χ2v) is 5.17. The number of alkyl halides is 3. The van der Waals surface area contributed by atoms with Gasteiger partial charge in [0.1, 0.15) is 0 Å². The number of aliphatic carboxylic acids is 1. The van der Waals surface area contributed by atoms with Gasteiger partial charge in [-0.05, 0) is 23.6 Å². The van der Waals surface area contributed by atoms with Gasteiger partial charge in [0.25, 0.3) is 0 Å². The van der Waals surface area contributed by atoms with Crippen molar-refractivity contribution in [3.63, 3.8) is 0 Å². The Morgan fingerprint density at radius 1 is 1.33 bits per heavy atom. The molecule has 0 saturated carbocycles. The number of hydrogen-bond donors (Lipinski definition) is 2. The lowest BCUT2D eigenvalue weighted by Gasteiger charge is -2.27. The molecule has 1 rings (SSSR count). The molecule has 3 nitrogen and oxygen atoms in total. The molecule has 2 N–H and O–H groups in total. The minimum Gasteiger partial charge on any atom is -0.481 e. The van der Waals surface area contributed by atoms with Gasteiger partial charge in [0, 0.05) is 0 Å². The molecule has 0 bridgehead atoms. The number of hydrogen-bond acceptors (Lipinski definition) is 2. The maximum absolute atomic E-state index is 12.6. The largest absolute Gasteiger partial charge is 0.481 e. The third-order valence-electron chi connectivity index (χ3n) is 3.21. The summed E-state index contributed by atoms with van der Waals surface area (Å²) in [5.74, 6) is -1.57. The molecule has 1 unspecified atom stereocenters. The highest BCUT2D eigenvalue weighted by molar-refractivity contribution is 5.69. The Balaban J connectivity index is 3.05. The Morgan fingerprint density at radius 2 is 1.95 bits per heavy atom. The van der Waals surface area contributed by atoms with E-state index in [9.17, 15) is 23.1 Å². The van der Waals surface area contributed by atoms with E-state index < -0.39 is 35.6 Å². The van der Waals surface area contributed by atoms with Crippen LogP contribution in [0.5, 0.6) is 0 Å². The van der Waals surface area contributed by atoms with Gasteiger partial charge >= 0.3 is 12.1 Å². The molecule has 0 heterocycles. The molecule has 0 spiro atoms. The predicted octanol–water partition coefficient (Wildman–Crippen LogP) is 3.58. The molecule has 0 aromatic heterocycles. The minimum atomic E-state index is -4.45. The predicted molar refractivity (Wildman–Crippen MR) is 72.5 cm³/mol. The summed E-state index contributed by atoms with van der Waals surface area (Å²) in [7, 11) is 0. The normalized spacial score (nSPS) is 15.4. The Kier molecular flexibility index (Phi) is 5.17. The van der Waals surface area contributed by atoms with Gasteiger partial charge < -0.3 is 10.2 Å². The number of carboxylic acids is 1. The second kappa shape index (κ2) is 6.30. The first kappa shape index (κ1) is 17.2. The van der Waals surface area contributed by atoms with Crippen LogP contribution in [0.3, 0.4) is 0 Å². The van der Waals surface area contributed by atoms with Gasteiger partial charge in [-0.3, -0.25) is 4.79 Å². The van der Waals surface area contributed by atoms with Crippen molar-refractivity contribution >= 4 is 12.0 Å². The molecule has 0 aliphatic heterocycles. The summed E-state index contributed by atoms with van der Waals surface area (Å²) in [6, 6.07) is 4.60. The van der Waals surface area contributed by atoms with E-state index in [0.29, 0.717) is 0 Å². The molecule has 0 aliphatic carbocycles. The van der Waals surface area contributed by atoms with Gasteiger partial charge in [0.2, 0.25) is 0 Å². The third kappa shape index (κ3) is 4.90. The van der Waals surface area contributed by atoms with E-state index in [2.05, 4.69) is 0 Å². The zero-order valence-corrected chi connectivity index (χ0v) is 11.7. The van der Waals surface area contributed by atoms with Crippen molar-refractivity contribution in [3.8, 4) is 0 Å². The van der Waals surface area contributed by atoms with Crippen molar-refractivity contribution < 1.29 is 28.2 Å². The Morgan fingerprint density at radius 3 is 2.43 bits per heavy atom. The molecule has 0 radical (unpaired) electrons. The van der Waals surface area contributed by atoms with Crippen molar-refractivity contribution in [1.29, 1.82) is 0 Å². The van der Waals surface area contributed by atoms with Crippen LogP contribution in [-0.4, -0.2) is 21.8 Å². The summed E-state index contributed by atoms with van der Waals surface area (Å²) in [5.41, 5.74) is -2.16. The molecule has 1 atom stereocenters. The van der Waals surface area contributed by atoms with Gasteiger partial charge in [-0.1, -0.05) is 38.1 Å². The van der Waals surface area contributed by atoms with E-state index in [4.69, 9.17) is 5.11 Å². The molecule has 1 aromatic rings. The zero-order chi connectivity index (χ0) is 16.3. The Labute approximate surface area is 120 Å². The van der Waals surface area contributed by atoms with Gasteiger partial charge in [0.05, 0.1) is 17.6 Å². The van der Waals surface area contributed by atoms with Crippen molar-refractivity contribution in [1.82, 2.24) is 0 Å². The monoisotopic (exact) mass is 302 g/mol. The van der Waals surface area contributed by atoms with Crippen molar-refractivity contribution in [2.24, 2.45) is 5.92 Å². The summed E-state index contributed by atoms with van der Waals surface area (Å²) in [6.45, 7) is 3.28. The van der Waals surface area contributed by atoms with Gasteiger partial charge in [-0.25, -0.2) is 0 Å². The van der Waals surface area contributed by atoms with E-state index >= 15 is 0 Å². The highest BCUT2D eigenvalue weighted by atomic mass is 19.4. The van der Waals surface area contributed by atoms with Crippen LogP contribution in [0.15, 0.2) is 30.3 Å².